The van der Waals surface area contributed by atoms with Crippen molar-refractivity contribution in [3.8, 4) is 5.88 Å². The summed E-state index contributed by atoms with van der Waals surface area (Å²) in [5, 5.41) is 0.277. The lowest BCUT2D eigenvalue weighted by molar-refractivity contribution is -0.107. The van der Waals surface area contributed by atoms with Crippen molar-refractivity contribution in [2.75, 3.05) is 7.11 Å². The lowest BCUT2D eigenvalue weighted by Crippen LogP contribution is -1.98. The molecule has 0 spiro atoms. The zero-order valence-corrected chi connectivity index (χ0v) is 7.21. The first-order valence-electron chi connectivity index (χ1n) is 3.27. The number of nitrogens with zero attached hydrogens (tertiary/aromatic N) is 2. The summed E-state index contributed by atoms with van der Waals surface area (Å²) in [7, 11) is 1.48. The lowest BCUT2D eigenvalue weighted by atomic mass is 10.4. The second-order valence-electron chi connectivity index (χ2n) is 2.02. The molecule has 64 valence electrons. The maximum atomic E-state index is 10.1. The van der Waals surface area contributed by atoms with Crippen molar-refractivity contribution in [2.45, 2.75) is 6.42 Å². The topological polar surface area (TPSA) is 52.1 Å². The minimum atomic E-state index is 0.150. The third-order valence-electron chi connectivity index (χ3n) is 1.19. The van der Waals surface area contributed by atoms with Gasteiger partial charge in [-0.25, -0.2) is 4.98 Å². The summed E-state index contributed by atoms with van der Waals surface area (Å²) in [5.41, 5.74) is 0. The second kappa shape index (κ2) is 4.01. The molecule has 0 fully saturated rings. The summed E-state index contributed by atoms with van der Waals surface area (Å²) in [4.78, 5) is 17.8. The summed E-state index contributed by atoms with van der Waals surface area (Å²) < 4.78 is 4.83. The predicted octanol–water partition coefficient (Wildman–Crippen LogP) is 0.880. The highest BCUT2D eigenvalue weighted by atomic mass is 35.5. The Bertz CT molecular complexity index is 291. The van der Waals surface area contributed by atoms with Gasteiger partial charge in [-0.05, 0) is 0 Å². The van der Waals surface area contributed by atoms with Crippen molar-refractivity contribution in [2.24, 2.45) is 0 Å². The summed E-state index contributed by atoms with van der Waals surface area (Å²) in [6, 6.07) is 1.48. The molecule has 0 radical (unpaired) electrons. The van der Waals surface area contributed by atoms with E-state index < -0.39 is 0 Å². The van der Waals surface area contributed by atoms with E-state index in [-0.39, 0.29) is 11.6 Å². The van der Waals surface area contributed by atoms with E-state index in [1.807, 2.05) is 0 Å². The van der Waals surface area contributed by atoms with E-state index in [1.165, 1.54) is 13.2 Å². The first-order chi connectivity index (χ1) is 5.76. The van der Waals surface area contributed by atoms with E-state index >= 15 is 0 Å². The van der Waals surface area contributed by atoms with Crippen LogP contribution in [0.15, 0.2) is 6.07 Å². The summed E-state index contributed by atoms with van der Waals surface area (Å²) in [5.74, 6) is 0.737. The van der Waals surface area contributed by atoms with E-state index in [0.29, 0.717) is 18.0 Å². The average molecular weight is 187 g/mol. The van der Waals surface area contributed by atoms with Crippen molar-refractivity contribution in [3.63, 3.8) is 0 Å². The highest BCUT2D eigenvalue weighted by Crippen LogP contribution is 2.12. The second-order valence-corrected chi connectivity index (χ2v) is 2.41. The van der Waals surface area contributed by atoms with E-state index in [9.17, 15) is 4.79 Å². The Morgan fingerprint density at radius 3 is 3.00 bits per heavy atom. The molecule has 1 aromatic rings. The fourth-order valence-electron chi connectivity index (χ4n) is 0.712. The normalized spacial score (nSPS) is 9.50. The molecule has 1 heterocycles. The van der Waals surface area contributed by atoms with E-state index in [4.69, 9.17) is 16.3 Å². The number of ether oxygens (including phenoxy) is 1. The van der Waals surface area contributed by atoms with Gasteiger partial charge >= 0.3 is 0 Å². The Morgan fingerprint density at radius 1 is 1.67 bits per heavy atom. The van der Waals surface area contributed by atoms with Gasteiger partial charge in [0, 0.05) is 6.07 Å². The van der Waals surface area contributed by atoms with Crippen molar-refractivity contribution in [1.82, 2.24) is 9.97 Å². The summed E-state index contributed by atoms with van der Waals surface area (Å²) in [6.45, 7) is 0. The van der Waals surface area contributed by atoms with Crippen LogP contribution in [-0.2, 0) is 11.2 Å². The van der Waals surface area contributed by atoms with Gasteiger partial charge in [-0.1, -0.05) is 11.6 Å². The highest BCUT2D eigenvalue weighted by Gasteiger charge is 2.01. The number of carbonyl (C=O) groups is 1. The minimum absolute atomic E-state index is 0.150. The quantitative estimate of drug-likeness (QED) is 0.520. The Hall–Kier alpha value is -1.16. The van der Waals surface area contributed by atoms with E-state index in [2.05, 4.69) is 9.97 Å². The smallest absolute Gasteiger partial charge is 0.217 e. The molecular formula is C7H7ClN2O2. The van der Waals surface area contributed by atoms with Gasteiger partial charge in [-0.2, -0.15) is 4.98 Å². The van der Waals surface area contributed by atoms with Crippen LogP contribution in [0.4, 0.5) is 0 Å². The molecule has 4 nitrogen and oxygen atoms in total. The molecule has 0 aliphatic carbocycles. The maximum Gasteiger partial charge on any atom is 0.217 e. The average Bonchev–Trinajstić information content (AvgIpc) is 2.04. The molecule has 0 amide bonds. The van der Waals surface area contributed by atoms with Crippen LogP contribution in [0.3, 0.4) is 0 Å². The van der Waals surface area contributed by atoms with Crippen LogP contribution >= 0.6 is 11.6 Å². The number of methoxy groups -OCH3 is 1. The maximum absolute atomic E-state index is 10.1. The summed E-state index contributed by atoms with van der Waals surface area (Å²) >= 11 is 5.62. The molecule has 1 aromatic heterocycles. The number of rotatable bonds is 3. The Kier molecular flexibility index (Phi) is 2.99. The first-order valence-corrected chi connectivity index (χ1v) is 3.65. The molecule has 0 bridgehead atoms. The largest absolute Gasteiger partial charge is 0.481 e. The molecule has 12 heavy (non-hydrogen) atoms. The number of halogens is 1. The molecule has 0 aliphatic heterocycles. The number of carbonyl (C=O) groups excluding carboxylic acids is 1. The molecular weight excluding hydrogens is 180 g/mol. The lowest BCUT2D eigenvalue weighted by Gasteiger charge is -2.00. The van der Waals surface area contributed by atoms with Gasteiger partial charge < -0.3 is 9.53 Å². The van der Waals surface area contributed by atoms with Crippen LogP contribution in [0.1, 0.15) is 5.82 Å². The Balaban J connectivity index is 2.97. The fourth-order valence-corrected chi connectivity index (χ4v) is 0.903. The van der Waals surface area contributed by atoms with Crippen LogP contribution in [0.2, 0.25) is 5.15 Å². The standard InChI is InChI=1S/C7H7ClN2O2/c1-12-7-4-5(8)9-6(10-7)2-3-11/h3-4H,2H2,1H3. The molecule has 5 heteroatoms. The number of aldehydes is 1. The van der Waals surface area contributed by atoms with E-state index in [0.717, 1.165) is 0 Å². The van der Waals surface area contributed by atoms with Crippen LogP contribution in [0, 0.1) is 0 Å². The van der Waals surface area contributed by atoms with Crippen LogP contribution in [-0.4, -0.2) is 23.4 Å². The molecule has 0 aliphatic rings. The molecule has 0 saturated carbocycles. The molecule has 0 atom stereocenters. The molecule has 0 unspecified atom stereocenters. The number of hydrogen-bond acceptors (Lipinski definition) is 4. The third kappa shape index (κ3) is 2.17. The fraction of sp³-hybridized carbons (Fsp3) is 0.286. The SMILES string of the molecule is COc1cc(Cl)nc(CC=O)n1. The van der Waals surface area contributed by atoms with Crippen LogP contribution in [0.25, 0.3) is 0 Å². The number of hydrogen-bond donors (Lipinski definition) is 0. The molecule has 0 saturated heterocycles. The third-order valence-corrected chi connectivity index (χ3v) is 1.39. The van der Waals surface area contributed by atoms with Gasteiger partial charge in [0.05, 0.1) is 13.5 Å². The molecule has 1 rings (SSSR count). The van der Waals surface area contributed by atoms with E-state index in [1.54, 1.807) is 0 Å². The van der Waals surface area contributed by atoms with Gasteiger partial charge in [-0.15, -0.1) is 0 Å². The van der Waals surface area contributed by atoms with Gasteiger partial charge in [0.1, 0.15) is 17.3 Å². The number of aromatic nitrogens is 2. The van der Waals surface area contributed by atoms with Crippen LogP contribution < -0.4 is 4.74 Å². The van der Waals surface area contributed by atoms with Gasteiger partial charge in [0.2, 0.25) is 5.88 Å². The predicted molar refractivity (Wildman–Crippen MR) is 43.4 cm³/mol. The van der Waals surface area contributed by atoms with Gasteiger partial charge in [0.25, 0.3) is 0 Å². The van der Waals surface area contributed by atoms with Crippen LogP contribution in [0.5, 0.6) is 5.88 Å². The monoisotopic (exact) mass is 186 g/mol. The zero-order chi connectivity index (χ0) is 8.97. The zero-order valence-electron chi connectivity index (χ0n) is 6.45. The van der Waals surface area contributed by atoms with Crippen molar-refractivity contribution in [1.29, 1.82) is 0 Å². The summed E-state index contributed by atoms with van der Waals surface area (Å²) in [6.07, 6.45) is 0.863. The van der Waals surface area contributed by atoms with Gasteiger partial charge in [0.15, 0.2) is 0 Å². The van der Waals surface area contributed by atoms with Gasteiger partial charge in [-0.3, -0.25) is 0 Å². The van der Waals surface area contributed by atoms with Crippen molar-refractivity contribution < 1.29 is 9.53 Å². The highest BCUT2D eigenvalue weighted by molar-refractivity contribution is 6.29. The van der Waals surface area contributed by atoms with Crippen molar-refractivity contribution in [3.05, 3.63) is 17.0 Å². The molecule has 0 aromatic carbocycles. The first kappa shape index (κ1) is 8.93. The van der Waals surface area contributed by atoms with Crippen molar-refractivity contribution >= 4 is 17.9 Å². The minimum Gasteiger partial charge on any atom is -0.481 e. The Labute approximate surface area is 74.5 Å². The molecule has 0 N–H and O–H groups in total. The Morgan fingerprint density at radius 2 is 2.42 bits per heavy atom.